The molecule has 1 N–H and O–H groups in total. The van der Waals surface area contributed by atoms with Gasteiger partial charge in [0.25, 0.3) is 0 Å². The second kappa shape index (κ2) is 11.9. The number of guanidine groups is 1. The van der Waals surface area contributed by atoms with E-state index < -0.39 is 0 Å². The summed E-state index contributed by atoms with van der Waals surface area (Å²) < 4.78 is 16.0. The molecule has 1 aromatic heterocycles. The van der Waals surface area contributed by atoms with Crippen molar-refractivity contribution in [1.29, 1.82) is 0 Å². The van der Waals surface area contributed by atoms with Crippen LogP contribution in [0, 0.1) is 5.92 Å². The fourth-order valence-electron chi connectivity index (χ4n) is 3.00. The van der Waals surface area contributed by atoms with E-state index in [1.165, 1.54) is 0 Å². The van der Waals surface area contributed by atoms with E-state index in [1.807, 2.05) is 0 Å². The van der Waals surface area contributed by atoms with Gasteiger partial charge in [-0.15, -0.1) is 0 Å². The van der Waals surface area contributed by atoms with Crippen LogP contribution in [0.3, 0.4) is 0 Å². The van der Waals surface area contributed by atoms with Crippen LogP contribution >= 0.6 is 0 Å². The van der Waals surface area contributed by atoms with Gasteiger partial charge in [0.05, 0.1) is 19.8 Å². The predicted octanol–water partition coefficient (Wildman–Crippen LogP) is 2.08. The quantitative estimate of drug-likeness (QED) is 0.357. The number of nitrogens with zero attached hydrogens (tertiary/aromatic N) is 4. The van der Waals surface area contributed by atoms with Gasteiger partial charge in [0.2, 0.25) is 5.89 Å². The van der Waals surface area contributed by atoms with Crippen molar-refractivity contribution in [2.75, 3.05) is 53.1 Å². The Balaban J connectivity index is 1.74. The first-order chi connectivity index (χ1) is 13.1. The first-order valence-corrected chi connectivity index (χ1v) is 10.1. The topological polar surface area (TPSA) is 85.0 Å². The van der Waals surface area contributed by atoms with Crippen molar-refractivity contribution in [3.63, 3.8) is 0 Å². The number of methoxy groups -OCH3 is 1. The van der Waals surface area contributed by atoms with Crippen LogP contribution in [0.5, 0.6) is 0 Å². The van der Waals surface area contributed by atoms with E-state index in [9.17, 15) is 0 Å². The van der Waals surface area contributed by atoms with E-state index in [0.29, 0.717) is 30.9 Å². The van der Waals surface area contributed by atoms with Gasteiger partial charge in [-0.25, -0.2) is 0 Å². The molecule has 1 saturated heterocycles. The number of aromatic nitrogens is 2. The molecule has 1 atom stereocenters. The first-order valence-electron chi connectivity index (χ1n) is 10.1. The second-order valence-electron chi connectivity index (χ2n) is 7.21. The van der Waals surface area contributed by atoms with E-state index in [-0.39, 0.29) is 0 Å². The molecule has 154 valence electrons. The number of aliphatic imine (C=N–C) groups is 1. The van der Waals surface area contributed by atoms with Crippen molar-refractivity contribution in [2.24, 2.45) is 10.9 Å². The highest BCUT2D eigenvalue weighted by molar-refractivity contribution is 5.80. The van der Waals surface area contributed by atoms with Crippen molar-refractivity contribution in [3.8, 4) is 0 Å². The minimum absolute atomic E-state index is 0.294. The van der Waals surface area contributed by atoms with E-state index >= 15 is 0 Å². The molecule has 8 nitrogen and oxygen atoms in total. The Morgan fingerprint density at radius 3 is 2.96 bits per heavy atom. The van der Waals surface area contributed by atoms with E-state index in [4.69, 9.17) is 19.0 Å². The molecule has 0 aromatic carbocycles. The van der Waals surface area contributed by atoms with Crippen molar-refractivity contribution in [1.82, 2.24) is 20.4 Å². The summed E-state index contributed by atoms with van der Waals surface area (Å²) in [7, 11) is 1.70. The van der Waals surface area contributed by atoms with E-state index in [1.54, 1.807) is 7.11 Å². The SMILES string of the molecule is CCNC(=NCCCc1nc(C(C)C)no1)N1CCC(COCCOC)C1. The van der Waals surface area contributed by atoms with Gasteiger partial charge < -0.3 is 24.2 Å². The number of ether oxygens (including phenoxy) is 2. The maximum Gasteiger partial charge on any atom is 0.226 e. The van der Waals surface area contributed by atoms with Gasteiger partial charge in [0.15, 0.2) is 11.8 Å². The Kier molecular flexibility index (Phi) is 9.55. The lowest BCUT2D eigenvalue weighted by Gasteiger charge is -2.21. The van der Waals surface area contributed by atoms with Gasteiger partial charge in [-0.05, 0) is 19.8 Å². The van der Waals surface area contributed by atoms with Crippen LogP contribution in [0.4, 0.5) is 0 Å². The zero-order valence-corrected chi connectivity index (χ0v) is 17.2. The van der Waals surface area contributed by atoms with Gasteiger partial charge in [-0.2, -0.15) is 4.98 Å². The third-order valence-electron chi connectivity index (χ3n) is 4.52. The van der Waals surface area contributed by atoms with Crippen LogP contribution in [0.25, 0.3) is 0 Å². The fourth-order valence-corrected chi connectivity index (χ4v) is 3.00. The lowest BCUT2D eigenvalue weighted by Crippen LogP contribution is -2.40. The van der Waals surface area contributed by atoms with E-state index in [0.717, 1.165) is 63.8 Å². The smallest absolute Gasteiger partial charge is 0.226 e. The first kappa shape index (κ1) is 21.6. The molecule has 27 heavy (non-hydrogen) atoms. The number of likely N-dealkylation sites (tertiary alicyclic amines) is 1. The summed E-state index contributed by atoms with van der Waals surface area (Å²) in [6.45, 7) is 11.9. The zero-order valence-electron chi connectivity index (χ0n) is 17.2. The van der Waals surface area contributed by atoms with Gasteiger partial charge in [-0.3, -0.25) is 4.99 Å². The van der Waals surface area contributed by atoms with Crippen LogP contribution in [0.1, 0.15) is 51.2 Å². The minimum Gasteiger partial charge on any atom is -0.382 e. The monoisotopic (exact) mass is 381 g/mol. The molecule has 0 saturated carbocycles. The summed E-state index contributed by atoms with van der Waals surface area (Å²) in [6.07, 6.45) is 2.79. The Hall–Kier alpha value is -1.67. The van der Waals surface area contributed by atoms with E-state index in [2.05, 4.69) is 41.1 Å². The Morgan fingerprint density at radius 2 is 2.26 bits per heavy atom. The average Bonchev–Trinajstić information content (AvgIpc) is 3.31. The molecule has 1 aliphatic heterocycles. The lowest BCUT2D eigenvalue weighted by molar-refractivity contribution is 0.0536. The van der Waals surface area contributed by atoms with Crippen molar-refractivity contribution < 1.29 is 14.0 Å². The molecule has 0 radical (unpaired) electrons. The lowest BCUT2D eigenvalue weighted by atomic mass is 10.1. The molecule has 2 rings (SSSR count). The molecule has 0 amide bonds. The Bertz CT molecular complexity index is 561. The molecule has 2 heterocycles. The minimum atomic E-state index is 0.294. The summed E-state index contributed by atoms with van der Waals surface area (Å²) in [6, 6.07) is 0. The molecule has 1 aliphatic rings. The van der Waals surface area contributed by atoms with Gasteiger partial charge in [0, 0.05) is 51.5 Å². The highest BCUT2D eigenvalue weighted by atomic mass is 16.5. The third kappa shape index (κ3) is 7.46. The molecular formula is C19H35N5O3. The molecule has 1 fully saturated rings. The summed E-state index contributed by atoms with van der Waals surface area (Å²) in [5, 5.41) is 7.41. The summed E-state index contributed by atoms with van der Waals surface area (Å²) >= 11 is 0. The van der Waals surface area contributed by atoms with Crippen LogP contribution < -0.4 is 5.32 Å². The number of aryl methyl sites for hydroxylation is 1. The van der Waals surface area contributed by atoms with Crippen LogP contribution in [-0.2, 0) is 15.9 Å². The standard InChI is InChI=1S/C19H35N5O3/c1-5-20-19(24-10-8-16(13-24)14-26-12-11-25-4)21-9-6-7-17-22-18(15(2)3)23-27-17/h15-16H,5-14H2,1-4H3,(H,20,21). The number of hydrogen-bond donors (Lipinski definition) is 1. The summed E-state index contributed by atoms with van der Waals surface area (Å²) in [4.78, 5) is 11.5. The molecule has 8 heteroatoms. The number of rotatable bonds is 11. The molecular weight excluding hydrogens is 346 g/mol. The fraction of sp³-hybridized carbons (Fsp3) is 0.842. The van der Waals surface area contributed by atoms with Crippen LogP contribution in [0.2, 0.25) is 0 Å². The second-order valence-corrected chi connectivity index (χ2v) is 7.21. The van der Waals surface area contributed by atoms with Crippen molar-refractivity contribution in [3.05, 3.63) is 11.7 Å². The molecule has 1 unspecified atom stereocenters. The zero-order chi connectivity index (χ0) is 19.5. The van der Waals surface area contributed by atoms with Gasteiger partial charge in [0.1, 0.15) is 0 Å². The average molecular weight is 382 g/mol. The maximum absolute atomic E-state index is 5.68. The van der Waals surface area contributed by atoms with Crippen LogP contribution in [0.15, 0.2) is 9.52 Å². The summed E-state index contributed by atoms with van der Waals surface area (Å²) in [5.74, 6) is 3.32. The highest BCUT2D eigenvalue weighted by Gasteiger charge is 2.24. The normalized spacial score (nSPS) is 17.9. The summed E-state index contributed by atoms with van der Waals surface area (Å²) in [5.41, 5.74) is 0. The molecule has 0 bridgehead atoms. The Morgan fingerprint density at radius 1 is 1.41 bits per heavy atom. The van der Waals surface area contributed by atoms with Crippen molar-refractivity contribution in [2.45, 2.75) is 46.0 Å². The van der Waals surface area contributed by atoms with Crippen LogP contribution in [-0.4, -0.2) is 74.1 Å². The maximum atomic E-state index is 5.68. The number of hydrogen-bond acceptors (Lipinski definition) is 6. The molecule has 0 spiro atoms. The highest BCUT2D eigenvalue weighted by Crippen LogP contribution is 2.17. The number of nitrogens with one attached hydrogen (secondary N) is 1. The third-order valence-corrected chi connectivity index (χ3v) is 4.52. The largest absolute Gasteiger partial charge is 0.382 e. The van der Waals surface area contributed by atoms with Gasteiger partial charge in [-0.1, -0.05) is 19.0 Å². The molecule has 1 aromatic rings. The Labute approximate surface area is 162 Å². The molecule has 0 aliphatic carbocycles. The van der Waals surface area contributed by atoms with Gasteiger partial charge >= 0.3 is 0 Å². The van der Waals surface area contributed by atoms with Crippen molar-refractivity contribution >= 4 is 5.96 Å². The predicted molar refractivity (Wildman–Crippen MR) is 105 cm³/mol.